The molecule has 0 aliphatic heterocycles. The molecule has 3 aromatic rings. The van der Waals surface area contributed by atoms with E-state index in [9.17, 15) is 4.79 Å². The van der Waals surface area contributed by atoms with Gasteiger partial charge in [-0.1, -0.05) is 17.7 Å². The number of aromatic nitrogens is 3. The van der Waals surface area contributed by atoms with Crippen LogP contribution in [0.5, 0.6) is 0 Å². The lowest BCUT2D eigenvalue weighted by atomic mass is 10.1. The molecule has 1 aromatic carbocycles. The number of hydrogen-bond acceptors (Lipinski definition) is 5. The fraction of sp³-hybridized carbons (Fsp3) is 0.0769. The van der Waals surface area contributed by atoms with Crippen LogP contribution in [0, 0.1) is 6.92 Å². The predicted molar refractivity (Wildman–Crippen MR) is 66.0 cm³/mol. The third-order valence-electron chi connectivity index (χ3n) is 2.57. The van der Waals surface area contributed by atoms with Gasteiger partial charge in [0.25, 0.3) is 0 Å². The maximum absolute atomic E-state index is 11.7. The average molecular weight is 239 g/mol. The molecule has 0 spiro atoms. The lowest BCUT2D eigenvalue weighted by Crippen LogP contribution is -2.05. The van der Waals surface area contributed by atoms with Gasteiger partial charge in [0.1, 0.15) is 0 Å². The van der Waals surface area contributed by atoms with Gasteiger partial charge >= 0.3 is 5.63 Å². The van der Waals surface area contributed by atoms with E-state index in [4.69, 9.17) is 4.42 Å². The largest absolute Gasteiger partial charge is 0.402 e. The van der Waals surface area contributed by atoms with Crippen LogP contribution in [0.3, 0.4) is 0 Å². The molecule has 0 amide bonds. The minimum atomic E-state index is -0.524. The Labute approximate surface area is 102 Å². The molecule has 0 fully saturated rings. The van der Waals surface area contributed by atoms with Gasteiger partial charge in [0.2, 0.25) is 5.89 Å². The van der Waals surface area contributed by atoms with Gasteiger partial charge in [-0.25, -0.2) is 14.8 Å². The van der Waals surface area contributed by atoms with E-state index >= 15 is 0 Å². The zero-order valence-electron chi connectivity index (χ0n) is 9.62. The molecule has 3 rings (SSSR count). The van der Waals surface area contributed by atoms with Crippen LogP contribution in [0.2, 0.25) is 0 Å². The summed E-state index contributed by atoms with van der Waals surface area (Å²) in [7, 11) is 0. The highest BCUT2D eigenvalue weighted by molar-refractivity contribution is 5.69. The number of hydrogen-bond donors (Lipinski definition) is 0. The molecule has 5 nitrogen and oxygen atoms in total. The first-order valence-electron chi connectivity index (χ1n) is 5.43. The van der Waals surface area contributed by atoms with E-state index in [1.54, 1.807) is 0 Å². The third-order valence-corrected chi connectivity index (χ3v) is 2.57. The number of nitrogens with zero attached hydrogens (tertiary/aromatic N) is 3. The van der Waals surface area contributed by atoms with Gasteiger partial charge in [-0.3, -0.25) is 0 Å². The summed E-state index contributed by atoms with van der Waals surface area (Å²) in [4.78, 5) is 23.8. The van der Waals surface area contributed by atoms with Crippen molar-refractivity contribution in [1.82, 2.24) is 15.0 Å². The van der Waals surface area contributed by atoms with E-state index in [0.29, 0.717) is 5.65 Å². The average Bonchev–Trinajstić information content (AvgIpc) is 2.39. The molecular formula is C13H9N3O2. The van der Waals surface area contributed by atoms with Crippen LogP contribution in [-0.4, -0.2) is 15.0 Å². The second-order valence-corrected chi connectivity index (χ2v) is 3.90. The van der Waals surface area contributed by atoms with Crippen LogP contribution in [0.15, 0.2) is 45.9 Å². The van der Waals surface area contributed by atoms with Gasteiger partial charge in [0.05, 0.1) is 0 Å². The van der Waals surface area contributed by atoms with Crippen LogP contribution in [0.4, 0.5) is 0 Å². The lowest BCUT2D eigenvalue weighted by molar-refractivity contribution is 0.515. The third kappa shape index (κ3) is 1.75. The molecule has 5 heteroatoms. The Hall–Kier alpha value is -2.56. The van der Waals surface area contributed by atoms with Gasteiger partial charge in [0, 0.05) is 18.0 Å². The zero-order chi connectivity index (χ0) is 12.5. The summed E-state index contributed by atoms with van der Waals surface area (Å²) < 4.78 is 5.15. The molecule has 0 aliphatic rings. The fourth-order valence-corrected chi connectivity index (χ4v) is 1.63. The number of rotatable bonds is 1. The van der Waals surface area contributed by atoms with Crippen LogP contribution in [0.25, 0.3) is 22.6 Å². The first-order valence-corrected chi connectivity index (χ1v) is 5.43. The van der Waals surface area contributed by atoms with Crippen molar-refractivity contribution in [1.29, 1.82) is 0 Å². The second kappa shape index (κ2) is 4.03. The number of benzene rings is 1. The maximum atomic E-state index is 11.7. The second-order valence-electron chi connectivity index (χ2n) is 3.90. The first kappa shape index (κ1) is 10.6. The van der Waals surface area contributed by atoms with Crippen molar-refractivity contribution in [3.05, 3.63) is 52.6 Å². The first-order chi connectivity index (χ1) is 8.74. The number of fused-ring (bicyclic) bond motifs is 1. The zero-order valence-corrected chi connectivity index (χ0v) is 9.62. The van der Waals surface area contributed by atoms with E-state index in [1.807, 2.05) is 31.2 Å². The van der Waals surface area contributed by atoms with Crippen molar-refractivity contribution in [3.63, 3.8) is 0 Å². The van der Waals surface area contributed by atoms with Crippen LogP contribution >= 0.6 is 0 Å². The van der Waals surface area contributed by atoms with Gasteiger partial charge in [0.15, 0.2) is 11.2 Å². The topological polar surface area (TPSA) is 68.9 Å². The maximum Gasteiger partial charge on any atom is 0.367 e. The molecule has 0 atom stereocenters. The smallest absolute Gasteiger partial charge is 0.367 e. The molecule has 0 aliphatic carbocycles. The summed E-state index contributed by atoms with van der Waals surface area (Å²) in [5, 5.41) is 0. The van der Waals surface area contributed by atoms with Gasteiger partial charge in [-0.05, 0) is 19.1 Å². The fourth-order valence-electron chi connectivity index (χ4n) is 1.63. The normalized spacial score (nSPS) is 10.7. The Balaban J connectivity index is 2.24. The van der Waals surface area contributed by atoms with Gasteiger partial charge < -0.3 is 4.42 Å². The summed E-state index contributed by atoms with van der Waals surface area (Å²) in [6.45, 7) is 1.99. The van der Waals surface area contributed by atoms with Crippen molar-refractivity contribution >= 4 is 11.2 Å². The summed E-state index contributed by atoms with van der Waals surface area (Å²) in [5.41, 5.74) is 1.79. The van der Waals surface area contributed by atoms with Crippen LogP contribution in [-0.2, 0) is 0 Å². The van der Waals surface area contributed by atoms with E-state index in [1.165, 1.54) is 12.4 Å². The van der Waals surface area contributed by atoms with E-state index in [0.717, 1.165) is 11.1 Å². The Kier molecular flexibility index (Phi) is 2.37. The summed E-state index contributed by atoms with van der Waals surface area (Å²) in [6, 6.07) is 7.56. The lowest BCUT2D eigenvalue weighted by Gasteiger charge is -2.00. The quantitative estimate of drug-likeness (QED) is 0.649. The Morgan fingerprint density at radius 1 is 1.06 bits per heavy atom. The molecule has 0 saturated carbocycles. The summed E-state index contributed by atoms with van der Waals surface area (Å²) in [6.07, 6.45) is 2.93. The van der Waals surface area contributed by atoms with E-state index in [2.05, 4.69) is 15.0 Å². The highest BCUT2D eigenvalue weighted by atomic mass is 16.4. The van der Waals surface area contributed by atoms with Crippen LogP contribution in [0.1, 0.15) is 5.56 Å². The summed E-state index contributed by atoms with van der Waals surface area (Å²) in [5.74, 6) is 0.257. The van der Waals surface area contributed by atoms with Gasteiger partial charge in [-0.15, -0.1) is 0 Å². The standard InChI is InChI=1S/C13H9N3O2/c1-8-2-4-9(5-3-8)12-16-11-10(13(17)18-12)14-6-7-15-11/h2-7H,1H3. The highest BCUT2D eigenvalue weighted by Crippen LogP contribution is 2.17. The molecular weight excluding hydrogens is 230 g/mol. The SMILES string of the molecule is Cc1ccc(-c2nc3nccnc3c(=O)o2)cc1. The van der Waals surface area contributed by atoms with Crippen molar-refractivity contribution in [2.45, 2.75) is 6.92 Å². The molecule has 2 heterocycles. The van der Waals surface area contributed by atoms with Crippen molar-refractivity contribution in [2.24, 2.45) is 0 Å². The molecule has 0 radical (unpaired) electrons. The van der Waals surface area contributed by atoms with Crippen LogP contribution < -0.4 is 5.63 Å². The molecule has 0 N–H and O–H groups in total. The Morgan fingerprint density at radius 2 is 1.78 bits per heavy atom. The molecule has 88 valence electrons. The molecule has 18 heavy (non-hydrogen) atoms. The molecule has 0 bridgehead atoms. The van der Waals surface area contributed by atoms with Crippen molar-refractivity contribution < 1.29 is 4.42 Å². The molecule has 0 unspecified atom stereocenters. The molecule has 0 saturated heterocycles. The Bertz CT molecular complexity index is 763. The minimum absolute atomic E-state index is 0.147. The minimum Gasteiger partial charge on any atom is -0.402 e. The van der Waals surface area contributed by atoms with Crippen molar-refractivity contribution in [3.8, 4) is 11.5 Å². The van der Waals surface area contributed by atoms with E-state index in [-0.39, 0.29) is 11.4 Å². The van der Waals surface area contributed by atoms with E-state index < -0.39 is 5.63 Å². The van der Waals surface area contributed by atoms with Gasteiger partial charge in [-0.2, -0.15) is 4.98 Å². The highest BCUT2D eigenvalue weighted by Gasteiger charge is 2.09. The van der Waals surface area contributed by atoms with Crippen molar-refractivity contribution in [2.75, 3.05) is 0 Å². The predicted octanol–water partition coefficient (Wildman–Crippen LogP) is 1.95. The molecule has 2 aromatic heterocycles. The number of aryl methyl sites for hydroxylation is 1. The Morgan fingerprint density at radius 3 is 2.56 bits per heavy atom. The summed E-state index contributed by atoms with van der Waals surface area (Å²) >= 11 is 0. The monoisotopic (exact) mass is 239 g/mol.